The van der Waals surface area contributed by atoms with Crippen LogP contribution in [0.2, 0.25) is 0 Å². The van der Waals surface area contributed by atoms with E-state index in [0.29, 0.717) is 0 Å². The Morgan fingerprint density at radius 2 is 1.87 bits per heavy atom. The van der Waals surface area contributed by atoms with Gasteiger partial charge in [0, 0.05) is 17.3 Å². The summed E-state index contributed by atoms with van der Waals surface area (Å²) in [6.07, 6.45) is 4.26. The van der Waals surface area contributed by atoms with Crippen LogP contribution in [0.4, 0.5) is 4.79 Å². The van der Waals surface area contributed by atoms with Gasteiger partial charge < -0.3 is 10.6 Å². The van der Waals surface area contributed by atoms with Gasteiger partial charge in [-0.15, -0.1) is 0 Å². The number of thioether (sulfide) groups is 1. The predicted octanol–water partition coefficient (Wildman–Crippen LogP) is 2.62. The summed E-state index contributed by atoms with van der Waals surface area (Å²) in [5, 5.41) is 5.77. The standard InChI is InChI=1S/C11H24N2OS/c1-6-11(7-2,15-5)8-12-10(14)13-9(3)4/h9H,6-8H2,1-5H3,(H2,12,13,14). The summed E-state index contributed by atoms with van der Waals surface area (Å²) in [7, 11) is 0. The summed E-state index contributed by atoms with van der Waals surface area (Å²) in [6, 6.07) is 0.127. The lowest BCUT2D eigenvalue weighted by molar-refractivity contribution is 0.237. The molecule has 0 atom stereocenters. The van der Waals surface area contributed by atoms with Gasteiger partial charge in [-0.3, -0.25) is 0 Å². The van der Waals surface area contributed by atoms with Gasteiger partial charge in [-0.05, 0) is 32.9 Å². The van der Waals surface area contributed by atoms with Gasteiger partial charge in [0.05, 0.1) is 0 Å². The Bertz CT molecular complexity index is 183. The van der Waals surface area contributed by atoms with Crippen molar-refractivity contribution in [2.75, 3.05) is 12.8 Å². The highest BCUT2D eigenvalue weighted by Crippen LogP contribution is 2.29. The fourth-order valence-electron chi connectivity index (χ4n) is 1.42. The first kappa shape index (κ1) is 14.6. The summed E-state index contributed by atoms with van der Waals surface area (Å²) in [5.41, 5.74) is 0. The number of urea groups is 1. The van der Waals surface area contributed by atoms with Crippen LogP contribution in [0.1, 0.15) is 40.5 Å². The number of carbonyl (C=O) groups is 1. The van der Waals surface area contributed by atoms with Crippen LogP contribution < -0.4 is 10.6 Å². The van der Waals surface area contributed by atoms with Gasteiger partial charge >= 0.3 is 6.03 Å². The van der Waals surface area contributed by atoms with E-state index < -0.39 is 0 Å². The van der Waals surface area contributed by atoms with Crippen molar-refractivity contribution in [2.45, 2.75) is 51.3 Å². The largest absolute Gasteiger partial charge is 0.337 e. The van der Waals surface area contributed by atoms with Crippen molar-refractivity contribution in [3.63, 3.8) is 0 Å². The van der Waals surface area contributed by atoms with E-state index in [1.165, 1.54) is 0 Å². The van der Waals surface area contributed by atoms with E-state index >= 15 is 0 Å². The molecular weight excluding hydrogens is 208 g/mol. The van der Waals surface area contributed by atoms with Crippen LogP contribution >= 0.6 is 11.8 Å². The summed E-state index contributed by atoms with van der Waals surface area (Å²) >= 11 is 1.84. The minimum atomic E-state index is -0.0645. The topological polar surface area (TPSA) is 41.1 Å². The van der Waals surface area contributed by atoms with Crippen molar-refractivity contribution in [3.8, 4) is 0 Å². The molecule has 0 bridgehead atoms. The molecule has 0 saturated heterocycles. The molecule has 0 aliphatic rings. The zero-order chi connectivity index (χ0) is 11.9. The van der Waals surface area contributed by atoms with Gasteiger partial charge in [-0.25, -0.2) is 4.79 Å². The monoisotopic (exact) mass is 232 g/mol. The maximum Gasteiger partial charge on any atom is 0.315 e. The van der Waals surface area contributed by atoms with Gasteiger partial charge in [0.15, 0.2) is 0 Å². The summed E-state index contributed by atoms with van der Waals surface area (Å²) in [6.45, 7) is 8.99. The van der Waals surface area contributed by atoms with Gasteiger partial charge in [0.25, 0.3) is 0 Å². The average Bonchev–Trinajstić information content (AvgIpc) is 2.20. The van der Waals surface area contributed by atoms with E-state index in [2.05, 4.69) is 30.7 Å². The van der Waals surface area contributed by atoms with Crippen LogP contribution in [0.15, 0.2) is 0 Å². The lowest BCUT2D eigenvalue weighted by Gasteiger charge is -2.29. The summed E-state index contributed by atoms with van der Waals surface area (Å²) in [5.74, 6) is 0. The Morgan fingerprint density at radius 3 is 2.20 bits per heavy atom. The molecule has 0 rings (SSSR count). The first-order valence-electron chi connectivity index (χ1n) is 5.59. The third-order valence-electron chi connectivity index (χ3n) is 2.71. The smallest absolute Gasteiger partial charge is 0.315 e. The zero-order valence-corrected chi connectivity index (χ0v) is 11.3. The van der Waals surface area contributed by atoms with Crippen LogP contribution in [0.5, 0.6) is 0 Å². The molecule has 0 aliphatic heterocycles. The molecule has 0 aromatic heterocycles. The Hall–Kier alpha value is -0.380. The summed E-state index contributed by atoms with van der Waals surface area (Å²) in [4.78, 5) is 11.4. The number of rotatable bonds is 6. The molecule has 0 radical (unpaired) electrons. The van der Waals surface area contributed by atoms with Gasteiger partial charge in [0.1, 0.15) is 0 Å². The second-order valence-electron chi connectivity index (χ2n) is 4.08. The summed E-state index contributed by atoms with van der Waals surface area (Å²) < 4.78 is 0.189. The maximum absolute atomic E-state index is 11.4. The normalized spacial score (nSPS) is 11.6. The highest BCUT2D eigenvalue weighted by atomic mass is 32.2. The second-order valence-corrected chi connectivity index (χ2v) is 5.35. The van der Waals surface area contributed by atoms with E-state index in [1.54, 1.807) is 0 Å². The molecule has 0 aromatic rings. The van der Waals surface area contributed by atoms with E-state index in [0.717, 1.165) is 19.4 Å². The fourth-order valence-corrected chi connectivity index (χ4v) is 2.21. The zero-order valence-electron chi connectivity index (χ0n) is 10.5. The van der Waals surface area contributed by atoms with Crippen LogP contribution in [-0.2, 0) is 0 Å². The molecule has 15 heavy (non-hydrogen) atoms. The lowest BCUT2D eigenvalue weighted by atomic mass is 10.0. The van der Waals surface area contributed by atoms with Crippen LogP contribution in [0, 0.1) is 0 Å². The van der Waals surface area contributed by atoms with Crippen molar-refractivity contribution in [1.29, 1.82) is 0 Å². The maximum atomic E-state index is 11.4. The first-order chi connectivity index (χ1) is 6.99. The molecule has 3 nitrogen and oxygen atoms in total. The van der Waals surface area contributed by atoms with Crippen molar-refractivity contribution >= 4 is 17.8 Å². The molecule has 4 heteroatoms. The van der Waals surface area contributed by atoms with Gasteiger partial charge in [-0.2, -0.15) is 11.8 Å². The Balaban J connectivity index is 4.05. The molecule has 0 unspecified atom stereocenters. The van der Waals surface area contributed by atoms with Crippen molar-refractivity contribution in [2.24, 2.45) is 0 Å². The Morgan fingerprint density at radius 1 is 1.33 bits per heavy atom. The van der Waals surface area contributed by atoms with Crippen molar-refractivity contribution in [1.82, 2.24) is 10.6 Å². The quantitative estimate of drug-likeness (QED) is 0.739. The Kier molecular flexibility index (Phi) is 6.81. The van der Waals surface area contributed by atoms with Crippen LogP contribution in [0.3, 0.4) is 0 Å². The molecule has 0 heterocycles. The minimum Gasteiger partial charge on any atom is -0.337 e. The molecule has 0 aliphatic carbocycles. The highest BCUT2D eigenvalue weighted by molar-refractivity contribution is 8.00. The predicted molar refractivity (Wildman–Crippen MR) is 68.5 cm³/mol. The van der Waals surface area contributed by atoms with E-state index in [9.17, 15) is 4.79 Å². The van der Waals surface area contributed by atoms with Crippen molar-refractivity contribution < 1.29 is 4.79 Å². The number of hydrogen-bond acceptors (Lipinski definition) is 2. The number of carbonyl (C=O) groups excluding carboxylic acids is 1. The molecule has 90 valence electrons. The molecule has 2 N–H and O–H groups in total. The van der Waals surface area contributed by atoms with Gasteiger partial charge in [0.2, 0.25) is 0 Å². The van der Waals surface area contributed by atoms with Crippen LogP contribution in [-0.4, -0.2) is 29.6 Å². The van der Waals surface area contributed by atoms with E-state index in [-0.39, 0.29) is 16.8 Å². The number of nitrogens with one attached hydrogen (secondary N) is 2. The van der Waals surface area contributed by atoms with Crippen LogP contribution in [0.25, 0.3) is 0 Å². The first-order valence-corrected chi connectivity index (χ1v) is 6.81. The SMILES string of the molecule is CCC(CC)(CNC(=O)NC(C)C)SC. The minimum absolute atomic E-state index is 0.0645. The van der Waals surface area contributed by atoms with Gasteiger partial charge in [-0.1, -0.05) is 13.8 Å². The van der Waals surface area contributed by atoms with E-state index in [4.69, 9.17) is 0 Å². The highest BCUT2D eigenvalue weighted by Gasteiger charge is 2.25. The molecule has 2 amide bonds. The average molecular weight is 232 g/mol. The Labute approximate surface area is 97.8 Å². The molecular formula is C11H24N2OS. The third kappa shape index (κ3) is 5.30. The van der Waals surface area contributed by atoms with Crippen molar-refractivity contribution in [3.05, 3.63) is 0 Å². The number of hydrogen-bond donors (Lipinski definition) is 2. The number of amides is 2. The third-order valence-corrected chi connectivity index (χ3v) is 4.30. The molecule has 0 aromatic carbocycles. The lowest BCUT2D eigenvalue weighted by Crippen LogP contribution is -2.46. The second kappa shape index (κ2) is 6.99. The molecule has 0 saturated carbocycles. The fraction of sp³-hybridized carbons (Fsp3) is 0.909. The van der Waals surface area contributed by atoms with E-state index in [1.807, 2.05) is 25.6 Å². The molecule has 0 spiro atoms. The molecule has 0 fully saturated rings.